The topological polar surface area (TPSA) is 253 Å². The fourth-order valence-corrected chi connectivity index (χ4v) is 3.98. The lowest BCUT2D eigenvalue weighted by Gasteiger charge is -2.33. The lowest BCUT2D eigenvalue weighted by Crippen LogP contribution is -2.49. The molecule has 0 saturated heterocycles. The van der Waals surface area contributed by atoms with Gasteiger partial charge in [0.15, 0.2) is 0 Å². The van der Waals surface area contributed by atoms with E-state index in [-0.39, 0.29) is 65.4 Å². The summed E-state index contributed by atoms with van der Waals surface area (Å²) in [5, 5.41) is 105. The summed E-state index contributed by atoms with van der Waals surface area (Å²) in [6, 6.07) is 0. The zero-order valence-corrected chi connectivity index (χ0v) is 23.2. The average molecular weight is 589 g/mol. The molecule has 0 aromatic heterocycles. The molecule has 5 atom stereocenters. The number of aliphatic hydroxyl groups excluding tert-OH is 11. The number of carbonyl (C=O) groups excluding carboxylic acids is 1. The van der Waals surface area contributed by atoms with Gasteiger partial charge in [0.25, 0.3) is 0 Å². The molecule has 40 heavy (non-hydrogen) atoms. The molecule has 11 N–H and O–H groups in total. The molecule has 5 unspecified atom stereocenters. The Hall–Kier alpha value is -1.09. The predicted molar refractivity (Wildman–Crippen MR) is 143 cm³/mol. The third kappa shape index (κ3) is 18.4. The molecule has 0 aliphatic heterocycles. The summed E-state index contributed by atoms with van der Waals surface area (Å²) in [4.78, 5) is 18.9. The second kappa shape index (κ2) is 23.5. The van der Waals surface area contributed by atoms with Crippen molar-refractivity contribution in [1.82, 2.24) is 19.6 Å². The number of hydrogen-bond acceptors (Lipinski definition) is 15. The minimum atomic E-state index is -1.17. The quantitative estimate of drug-likeness (QED) is 0.0449. The molecule has 0 heterocycles. The molecule has 1 amide bonds. The van der Waals surface area contributed by atoms with Gasteiger partial charge in [0.2, 0.25) is 5.91 Å². The first-order valence-electron chi connectivity index (χ1n) is 13.5. The fourth-order valence-electron chi connectivity index (χ4n) is 3.98. The summed E-state index contributed by atoms with van der Waals surface area (Å²) in [5.74, 6) is -0.430. The molecule has 0 rings (SSSR count). The smallest absolute Gasteiger partial charge is 0.225 e. The third-order valence-corrected chi connectivity index (χ3v) is 6.19. The number of hydrogen-bond donors (Lipinski definition) is 11. The van der Waals surface area contributed by atoms with Gasteiger partial charge in [0.1, 0.15) is 0 Å². The Morgan fingerprint density at radius 3 is 1.10 bits per heavy atom. The van der Waals surface area contributed by atoms with Crippen LogP contribution < -0.4 is 0 Å². The van der Waals surface area contributed by atoms with Crippen molar-refractivity contribution >= 4 is 5.91 Å². The Morgan fingerprint density at radius 1 is 0.450 bits per heavy atom. The highest BCUT2D eigenvalue weighted by atomic mass is 16.3. The van der Waals surface area contributed by atoms with Gasteiger partial charge in [-0.1, -0.05) is 0 Å². The molecule has 0 saturated carbocycles. The van der Waals surface area contributed by atoms with Crippen LogP contribution in [0.3, 0.4) is 0 Å². The summed E-state index contributed by atoms with van der Waals surface area (Å²) >= 11 is 0. The standard InChI is InChI=1S/C24H52N4O12/c29-8-1-24(40)28(13-23(39)18-34)7-6-26(10-20(36)15-31)3-2-25(9-19(35)14-30)4-5-27(11-21(37)16-32)12-22(38)17-33/h19-23,29-39H,1-18H2. The van der Waals surface area contributed by atoms with E-state index in [1.54, 1.807) is 14.7 Å². The average Bonchev–Trinajstić information content (AvgIpc) is 2.95. The van der Waals surface area contributed by atoms with Crippen molar-refractivity contribution < 1.29 is 61.0 Å². The highest BCUT2D eigenvalue weighted by Gasteiger charge is 2.21. The zero-order chi connectivity index (χ0) is 30.5. The van der Waals surface area contributed by atoms with Gasteiger partial charge in [-0.05, 0) is 0 Å². The van der Waals surface area contributed by atoms with Crippen LogP contribution in [0.15, 0.2) is 0 Å². The van der Waals surface area contributed by atoms with E-state index >= 15 is 0 Å². The van der Waals surface area contributed by atoms with Crippen LogP contribution in [0.2, 0.25) is 0 Å². The Morgan fingerprint density at radius 2 is 0.750 bits per heavy atom. The van der Waals surface area contributed by atoms with E-state index in [2.05, 4.69) is 0 Å². The van der Waals surface area contributed by atoms with Crippen molar-refractivity contribution in [3.05, 3.63) is 0 Å². The monoisotopic (exact) mass is 588 g/mol. The van der Waals surface area contributed by atoms with Crippen LogP contribution in [-0.4, -0.2) is 224 Å². The second-order valence-electron chi connectivity index (χ2n) is 9.86. The van der Waals surface area contributed by atoms with E-state index in [9.17, 15) is 50.8 Å². The van der Waals surface area contributed by atoms with Gasteiger partial charge >= 0.3 is 0 Å². The van der Waals surface area contributed by atoms with Crippen molar-refractivity contribution in [2.75, 3.05) is 112 Å². The van der Waals surface area contributed by atoms with Gasteiger partial charge in [-0.2, -0.15) is 0 Å². The van der Waals surface area contributed by atoms with Crippen LogP contribution in [0.25, 0.3) is 0 Å². The Labute approximate surface area is 235 Å². The van der Waals surface area contributed by atoms with Gasteiger partial charge in [-0.15, -0.1) is 0 Å². The van der Waals surface area contributed by atoms with Crippen LogP contribution in [0, 0.1) is 0 Å². The van der Waals surface area contributed by atoms with Crippen molar-refractivity contribution in [2.24, 2.45) is 0 Å². The number of aliphatic hydroxyl groups is 11. The lowest BCUT2D eigenvalue weighted by molar-refractivity contribution is -0.134. The first kappa shape index (κ1) is 38.9. The molecule has 0 bridgehead atoms. The van der Waals surface area contributed by atoms with E-state index in [1.165, 1.54) is 4.90 Å². The molecule has 0 aromatic rings. The number of carbonyl (C=O) groups is 1. The van der Waals surface area contributed by atoms with Crippen molar-refractivity contribution in [3.8, 4) is 0 Å². The summed E-state index contributed by atoms with van der Waals surface area (Å²) in [7, 11) is 0. The molecule has 0 spiro atoms. The van der Waals surface area contributed by atoms with E-state index in [0.29, 0.717) is 19.6 Å². The number of amides is 1. The van der Waals surface area contributed by atoms with E-state index in [0.717, 1.165) is 0 Å². The summed E-state index contributed by atoms with van der Waals surface area (Å²) in [6.07, 6.45) is -5.64. The van der Waals surface area contributed by atoms with Gasteiger partial charge in [0, 0.05) is 78.4 Å². The molecule has 0 radical (unpaired) electrons. The molecule has 0 aliphatic carbocycles. The zero-order valence-electron chi connectivity index (χ0n) is 23.2. The van der Waals surface area contributed by atoms with Crippen LogP contribution in [0.1, 0.15) is 6.42 Å². The predicted octanol–water partition coefficient (Wildman–Crippen LogP) is -7.13. The largest absolute Gasteiger partial charge is 0.396 e. The summed E-state index contributed by atoms with van der Waals surface area (Å²) < 4.78 is 0. The van der Waals surface area contributed by atoms with E-state index in [4.69, 9.17) is 10.2 Å². The van der Waals surface area contributed by atoms with Crippen molar-refractivity contribution in [3.63, 3.8) is 0 Å². The SMILES string of the molecule is O=C(CCO)N(CCN(CCN(CCN(CC(O)CO)CC(O)CO)CC(O)CO)CC(O)CO)CC(O)CO. The lowest BCUT2D eigenvalue weighted by atomic mass is 10.2. The molecule has 16 heteroatoms. The van der Waals surface area contributed by atoms with Crippen LogP contribution >= 0.6 is 0 Å². The van der Waals surface area contributed by atoms with Crippen LogP contribution in [0.4, 0.5) is 0 Å². The molecule has 16 nitrogen and oxygen atoms in total. The molecular formula is C24H52N4O12. The first-order chi connectivity index (χ1) is 19.0. The molecule has 240 valence electrons. The molecule has 0 aliphatic rings. The maximum atomic E-state index is 12.4. The second-order valence-corrected chi connectivity index (χ2v) is 9.86. The van der Waals surface area contributed by atoms with Gasteiger partial charge in [-0.25, -0.2) is 0 Å². The summed E-state index contributed by atoms with van der Waals surface area (Å²) in [5.41, 5.74) is 0. The number of nitrogens with zero attached hydrogens (tertiary/aromatic N) is 4. The van der Waals surface area contributed by atoms with Crippen molar-refractivity contribution in [1.29, 1.82) is 0 Å². The maximum Gasteiger partial charge on any atom is 0.225 e. The minimum absolute atomic E-state index is 0.0240. The van der Waals surface area contributed by atoms with Gasteiger partial charge in [0.05, 0.1) is 70.2 Å². The Kier molecular flexibility index (Phi) is 22.8. The molecule has 0 fully saturated rings. The third-order valence-electron chi connectivity index (χ3n) is 6.19. The number of rotatable bonds is 26. The minimum Gasteiger partial charge on any atom is -0.396 e. The molecule has 0 aromatic carbocycles. The highest BCUT2D eigenvalue weighted by molar-refractivity contribution is 5.76. The summed E-state index contributed by atoms with van der Waals surface area (Å²) in [6.45, 7) is -1.46. The van der Waals surface area contributed by atoms with Crippen LogP contribution in [0.5, 0.6) is 0 Å². The van der Waals surface area contributed by atoms with Gasteiger partial charge in [-0.3, -0.25) is 19.5 Å². The normalized spacial score (nSPS) is 15.9. The maximum absolute atomic E-state index is 12.4. The van der Waals surface area contributed by atoms with Crippen LogP contribution in [-0.2, 0) is 4.79 Å². The van der Waals surface area contributed by atoms with Gasteiger partial charge < -0.3 is 61.1 Å². The van der Waals surface area contributed by atoms with E-state index < -0.39 is 69.5 Å². The Bertz CT molecular complexity index is 614. The van der Waals surface area contributed by atoms with Crippen molar-refractivity contribution in [2.45, 2.75) is 36.9 Å². The highest BCUT2D eigenvalue weighted by Crippen LogP contribution is 2.04. The first-order valence-corrected chi connectivity index (χ1v) is 13.5. The fraction of sp³-hybridized carbons (Fsp3) is 0.958. The molecular weight excluding hydrogens is 536 g/mol. The Balaban J connectivity index is 5.47. The van der Waals surface area contributed by atoms with E-state index in [1.807, 2.05) is 0 Å².